The Morgan fingerprint density at radius 1 is 0.905 bits per heavy atom. The highest BCUT2D eigenvalue weighted by molar-refractivity contribution is 6.18. The van der Waals surface area contributed by atoms with Crippen LogP contribution in [0, 0.1) is 5.92 Å². The largest absolute Gasteiger partial charge is 0.493 e. The third-order valence-corrected chi connectivity index (χ3v) is 9.11. The van der Waals surface area contributed by atoms with Gasteiger partial charge in [0.25, 0.3) is 17.4 Å². The number of amides is 3. The van der Waals surface area contributed by atoms with E-state index in [-0.39, 0.29) is 41.5 Å². The number of hydrogen-bond donors (Lipinski definition) is 0. The van der Waals surface area contributed by atoms with Gasteiger partial charge in [0.15, 0.2) is 11.5 Å². The molecule has 4 aliphatic heterocycles. The van der Waals surface area contributed by atoms with Gasteiger partial charge < -0.3 is 23.8 Å². The Morgan fingerprint density at radius 3 is 2.55 bits per heavy atom. The highest BCUT2D eigenvalue weighted by Crippen LogP contribution is 2.49. The normalized spacial score (nSPS) is 21.9. The Balaban J connectivity index is 1.12. The molecule has 1 aromatic heterocycles. The van der Waals surface area contributed by atoms with Crippen LogP contribution in [0.2, 0.25) is 0 Å². The van der Waals surface area contributed by atoms with Gasteiger partial charge in [-0.05, 0) is 43.0 Å². The van der Waals surface area contributed by atoms with Crippen molar-refractivity contribution in [3.63, 3.8) is 0 Å². The Bertz CT molecular complexity index is 1680. The lowest BCUT2D eigenvalue weighted by atomic mass is 9.83. The Kier molecular flexibility index (Phi) is 6.29. The SMILES string of the molecule is COc1ccc2c(c1OC)C(=O)N1c3ccccc3C(=O)N(CCCC(=O)N3C[C@H]4C[C@@H](C3)c3cccc(=O)n3C4)C21. The molecule has 3 atom stereocenters. The number of aromatic nitrogens is 1. The van der Waals surface area contributed by atoms with Crippen molar-refractivity contribution in [3.05, 3.63) is 87.3 Å². The smallest absolute Gasteiger partial charge is 0.264 e. The fourth-order valence-corrected chi connectivity index (χ4v) is 7.31. The van der Waals surface area contributed by atoms with Gasteiger partial charge in [-0.15, -0.1) is 0 Å². The average molecular weight is 569 g/mol. The number of piperidine rings is 1. The van der Waals surface area contributed by atoms with Crippen molar-refractivity contribution in [2.75, 3.05) is 38.8 Å². The number of fused-ring (bicyclic) bond motifs is 9. The highest BCUT2D eigenvalue weighted by Gasteiger charge is 2.49. The second-order valence-corrected chi connectivity index (χ2v) is 11.4. The van der Waals surface area contributed by atoms with E-state index in [9.17, 15) is 19.2 Å². The molecule has 0 N–H and O–H groups in total. The van der Waals surface area contributed by atoms with Gasteiger partial charge in [0.05, 0.1) is 31.0 Å². The van der Waals surface area contributed by atoms with E-state index in [2.05, 4.69) is 0 Å². The summed E-state index contributed by atoms with van der Waals surface area (Å²) in [6, 6.07) is 16.1. The van der Waals surface area contributed by atoms with Gasteiger partial charge >= 0.3 is 0 Å². The number of ether oxygens (including phenoxy) is 2. The lowest BCUT2D eigenvalue weighted by Crippen LogP contribution is -2.50. The maximum Gasteiger partial charge on any atom is 0.264 e. The maximum atomic E-state index is 13.9. The summed E-state index contributed by atoms with van der Waals surface area (Å²) in [5, 5.41) is 0. The molecule has 4 aliphatic rings. The van der Waals surface area contributed by atoms with E-state index in [1.165, 1.54) is 14.2 Å². The molecule has 7 rings (SSSR count). The minimum atomic E-state index is -0.644. The van der Waals surface area contributed by atoms with Crippen molar-refractivity contribution < 1.29 is 23.9 Å². The van der Waals surface area contributed by atoms with Gasteiger partial charge in [0, 0.05) is 55.8 Å². The van der Waals surface area contributed by atoms with Gasteiger partial charge in [-0.2, -0.15) is 0 Å². The summed E-state index contributed by atoms with van der Waals surface area (Å²) in [5.74, 6) is 0.802. The Hall–Kier alpha value is -4.60. The summed E-state index contributed by atoms with van der Waals surface area (Å²) in [6.07, 6.45) is 1.07. The van der Waals surface area contributed by atoms with Crippen LogP contribution in [-0.4, -0.2) is 65.9 Å². The minimum absolute atomic E-state index is 0.0202. The number of carbonyl (C=O) groups excluding carboxylic acids is 3. The fraction of sp³-hybridized carbons (Fsp3) is 0.375. The number of likely N-dealkylation sites (tertiary alicyclic amines) is 1. The summed E-state index contributed by atoms with van der Waals surface area (Å²) in [7, 11) is 3.02. The van der Waals surface area contributed by atoms with E-state index >= 15 is 0 Å². The molecule has 1 unspecified atom stereocenters. The molecule has 216 valence electrons. The highest BCUT2D eigenvalue weighted by atomic mass is 16.5. The van der Waals surface area contributed by atoms with Crippen LogP contribution in [-0.2, 0) is 11.3 Å². The van der Waals surface area contributed by atoms with Crippen LogP contribution < -0.4 is 19.9 Å². The third-order valence-electron chi connectivity index (χ3n) is 9.11. The molecule has 5 heterocycles. The van der Waals surface area contributed by atoms with Gasteiger partial charge in [0.2, 0.25) is 5.91 Å². The second-order valence-electron chi connectivity index (χ2n) is 11.4. The second kappa shape index (κ2) is 10.0. The molecule has 0 radical (unpaired) electrons. The molecule has 10 heteroatoms. The first-order valence-corrected chi connectivity index (χ1v) is 14.4. The van der Waals surface area contributed by atoms with E-state index in [4.69, 9.17) is 9.47 Å². The molecule has 2 bridgehead atoms. The molecule has 3 amide bonds. The number of methoxy groups -OCH3 is 2. The standard InChI is InChI=1S/C32H32N4O6/c1-41-25-13-12-22-28(29(25)42-2)32(40)36-24-8-4-3-7-21(24)31(39)34(30(22)36)14-6-11-26(37)33-16-19-15-20(18-33)23-9-5-10-27(38)35(23)17-19/h3-5,7-10,12-13,19-20,30H,6,11,14-18H2,1-2H3/t19-,20+,30?/m1/s1. The molecule has 0 spiro atoms. The topological polar surface area (TPSA) is 101 Å². The number of hydrogen-bond acceptors (Lipinski definition) is 6. The number of para-hydroxylation sites is 1. The van der Waals surface area contributed by atoms with Gasteiger partial charge in [0.1, 0.15) is 6.17 Å². The number of anilines is 1. The minimum Gasteiger partial charge on any atom is -0.493 e. The van der Waals surface area contributed by atoms with Crippen molar-refractivity contribution in [2.45, 2.75) is 37.9 Å². The van der Waals surface area contributed by atoms with E-state index < -0.39 is 6.17 Å². The van der Waals surface area contributed by atoms with Crippen LogP contribution >= 0.6 is 0 Å². The van der Waals surface area contributed by atoms with E-state index in [1.54, 1.807) is 46.2 Å². The molecule has 1 fully saturated rings. The van der Waals surface area contributed by atoms with Crippen molar-refractivity contribution >= 4 is 23.4 Å². The van der Waals surface area contributed by atoms with Gasteiger partial charge in [-0.3, -0.25) is 24.1 Å². The average Bonchev–Trinajstić information content (AvgIpc) is 3.30. The molecule has 10 nitrogen and oxygen atoms in total. The molecule has 42 heavy (non-hydrogen) atoms. The number of carbonyl (C=O) groups is 3. The molecule has 0 aliphatic carbocycles. The summed E-state index contributed by atoms with van der Waals surface area (Å²) in [4.78, 5) is 58.7. The number of benzene rings is 2. The summed E-state index contributed by atoms with van der Waals surface area (Å²) >= 11 is 0. The summed E-state index contributed by atoms with van der Waals surface area (Å²) in [6.45, 7) is 2.16. The quantitative estimate of drug-likeness (QED) is 0.452. The van der Waals surface area contributed by atoms with Crippen LogP contribution in [0.15, 0.2) is 59.4 Å². The third kappa shape index (κ3) is 3.92. The predicted octanol–water partition coefficient (Wildman–Crippen LogP) is 3.41. The monoisotopic (exact) mass is 568 g/mol. The zero-order valence-electron chi connectivity index (χ0n) is 23.6. The molecular weight excluding hydrogens is 536 g/mol. The maximum absolute atomic E-state index is 13.9. The number of nitrogens with zero attached hydrogens (tertiary/aromatic N) is 4. The predicted molar refractivity (Wildman–Crippen MR) is 154 cm³/mol. The molecule has 0 saturated carbocycles. The summed E-state index contributed by atoms with van der Waals surface area (Å²) in [5.41, 5.74) is 3.08. The zero-order valence-corrected chi connectivity index (χ0v) is 23.6. The number of pyridine rings is 1. The molecule has 3 aromatic rings. The van der Waals surface area contributed by atoms with Crippen LogP contribution in [0.25, 0.3) is 0 Å². The Labute approximate surface area is 243 Å². The van der Waals surface area contributed by atoms with E-state index in [0.717, 1.165) is 12.1 Å². The number of rotatable bonds is 6. The molecular formula is C32H32N4O6. The zero-order chi connectivity index (χ0) is 29.1. The van der Waals surface area contributed by atoms with Crippen molar-refractivity contribution in [1.29, 1.82) is 0 Å². The van der Waals surface area contributed by atoms with Crippen LogP contribution in [0.4, 0.5) is 5.69 Å². The van der Waals surface area contributed by atoms with Crippen LogP contribution in [0.1, 0.15) is 63.3 Å². The van der Waals surface area contributed by atoms with Gasteiger partial charge in [-0.1, -0.05) is 24.3 Å². The lowest BCUT2D eigenvalue weighted by molar-refractivity contribution is -0.134. The van der Waals surface area contributed by atoms with Crippen LogP contribution in [0.3, 0.4) is 0 Å². The Morgan fingerprint density at radius 2 is 1.74 bits per heavy atom. The first-order chi connectivity index (χ1) is 20.4. The molecule has 1 saturated heterocycles. The van der Waals surface area contributed by atoms with E-state index in [1.807, 2.05) is 27.7 Å². The van der Waals surface area contributed by atoms with Crippen molar-refractivity contribution in [2.24, 2.45) is 5.92 Å². The van der Waals surface area contributed by atoms with Gasteiger partial charge in [-0.25, -0.2) is 0 Å². The van der Waals surface area contributed by atoms with Crippen molar-refractivity contribution in [1.82, 2.24) is 14.4 Å². The summed E-state index contributed by atoms with van der Waals surface area (Å²) < 4.78 is 12.9. The van der Waals surface area contributed by atoms with E-state index in [0.29, 0.717) is 66.5 Å². The fourth-order valence-electron chi connectivity index (χ4n) is 7.31. The first kappa shape index (κ1) is 26.3. The van der Waals surface area contributed by atoms with Crippen LogP contribution in [0.5, 0.6) is 11.5 Å². The lowest BCUT2D eigenvalue weighted by Gasteiger charge is -2.43. The van der Waals surface area contributed by atoms with Crippen molar-refractivity contribution in [3.8, 4) is 11.5 Å². The first-order valence-electron chi connectivity index (χ1n) is 14.4. The molecule has 2 aromatic carbocycles.